The zero-order valence-electron chi connectivity index (χ0n) is 17.5. The van der Waals surface area contributed by atoms with Crippen LogP contribution in [0.5, 0.6) is 0 Å². The fourth-order valence-corrected chi connectivity index (χ4v) is 4.11. The number of esters is 1. The highest BCUT2D eigenvalue weighted by Gasteiger charge is 2.28. The first-order chi connectivity index (χ1) is 14.9. The van der Waals surface area contributed by atoms with Crippen molar-refractivity contribution in [1.29, 1.82) is 0 Å². The number of thiophene rings is 1. The van der Waals surface area contributed by atoms with Gasteiger partial charge in [0, 0.05) is 29.7 Å². The smallest absolute Gasteiger partial charge is 0.311 e. The Morgan fingerprint density at radius 2 is 2.03 bits per heavy atom. The van der Waals surface area contributed by atoms with Gasteiger partial charge in [-0.1, -0.05) is 30.8 Å². The summed E-state index contributed by atoms with van der Waals surface area (Å²) < 4.78 is 5.00. The number of aromatic nitrogens is 1. The van der Waals surface area contributed by atoms with Gasteiger partial charge in [-0.15, -0.1) is 11.3 Å². The topological polar surface area (TPSA) is 94.3 Å². The third kappa shape index (κ3) is 5.58. The zero-order chi connectivity index (χ0) is 22.4. The van der Waals surface area contributed by atoms with E-state index in [9.17, 15) is 9.59 Å². The minimum atomic E-state index is -0.548. The summed E-state index contributed by atoms with van der Waals surface area (Å²) in [5, 5.41) is 4.86. The summed E-state index contributed by atoms with van der Waals surface area (Å²) in [4.78, 5) is 30.0. The van der Waals surface area contributed by atoms with E-state index in [4.69, 9.17) is 10.5 Å². The van der Waals surface area contributed by atoms with Crippen LogP contribution < -0.4 is 11.1 Å². The molecule has 3 rings (SSSR count). The minimum Gasteiger partial charge on any atom is -0.469 e. The molecule has 0 aliphatic rings. The van der Waals surface area contributed by atoms with Crippen molar-refractivity contribution < 1.29 is 14.3 Å². The van der Waals surface area contributed by atoms with Crippen LogP contribution >= 0.6 is 11.3 Å². The molecule has 160 valence electrons. The van der Waals surface area contributed by atoms with Gasteiger partial charge in [-0.3, -0.25) is 14.6 Å². The first-order valence-electron chi connectivity index (χ1n) is 9.80. The Balaban J connectivity index is 1.73. The molecule has 3 N–H and O–H groups in total. The quantitative estimate of drug-likeness (QED) is 0.524. The van der Waals surface area contributed by atoms with Crippen molar-refractivity contribution >= 4 is 28.9 Å². The summed E-state index contributed by atoms with van der Waals surface area (Å²) in [5.41, 5.74) is 9.84. The molecule has 7 heteroatoms. The summed E-state index contributed by atoms with van der Waals surface area (Å²) in [6.07, 6.45) is 3.86. The van der Waals surface area contributed by atoms with Crippen molar-refractivity contribution in [3.05, 3.63) is 82.8 Å². The van der Waals surface area contributed by atoms with Gasteiger partial charge in [0.1, 0.15) is 0 Å². The number of hydrogen-bond acceptors (Lipinski definition) is 6. The number of benzene rings is 1. The molecule has 0 saturated heterocycles. The molecule has 0 spiro atoms. The number of amides is 1. The van der Waals surface area contributed by atoms with Crippen LogP contribution in [0.25, 0.3) is 16.8 Å². The lowest BCUT2D eigenvalue weighted by Gasteiger charge is -2.23. The van der Waals surface area contributed by atoms with Gasteiger partial charge in [0.05, 0.1) is 17.9 Å². The Kier molecular flexibility index (Phi) is 7.20. The van der Waals surface area contributed by atoms with Crippen molar-refractivity contribution in [2.45, 2.75) is 19.4 Å². The molecule has 0 fully saturated rings. The van der Waals surface area contributed by atoms with Crippen LogP contribution in [0.4, 0.5) is 0 Å². The lowest BCUT2D eigenvalue weighted by atomic mass is 9.92. The average molecular weight is 436 g/mol. The van der Waals surface area contributed by atoms with Crippen LogP contribution in [-0.4, -0.2) is 30.0 Å². The first kappa shape index (κ1) is 22.2. The molecule has 2 unspecified atom stereocenters. The van der Waals surface area contributed by atoms with Crippen LogP contribution in [0.2, 0.25) is 0 Å². The molecule has 0 radical (unpaired) electrons. The van der Waals surface area contributed by atoms with E-state index in [2.05, 4.69) is 16.9 Å². The van der Waals surface area contributed by atoms with Crippen LogP contribution in [0.1, 0.15) is 27.7 Å². The van der Waals surface area contributed by atoms with E-state index < -0.39 is 12.0 Å². The number of nitrogens with zero attached hydrogens (tertiary/aromatic N) is 1. The Morgan fingerprint density at radius 1 is 1.23 bits per heavy atom. The number of pyridine rings is 1. The van der Waals surface area contributed by atoms with Crippen molar-refractivity contribution in [3.63, 3.8) is 0 Å². The molecule has 2 atom stereocenters. The number of carbonyl (C=O) groups excluding carboxylic acids is 2. The number of ether oxygens (including phenoxy) is 1. The highest BCUT2D eigenvalue weighted by Crippen LogP contribution is 2.25. The number of hydrogen-bond donors (Lipinski definition) is 2. The third-order valence-corrected chi connectivity index (χ3v) is 5.97. The van der Waals surface area contributed by atoms with E-state index in [1.165, 1.54) is 18.4 Å². The monoisotopic (exact) mass is 435 g/mol. The minimum absolute atomic E-state index is 0.231. The largest absolute Gasteiger partial charge is 0.469 e. The number of nitrogens with two attached hydrogens (primary N) is 1. The van der Waals surface area contributed by atoms with Gasteiger partial charge in [-0.2, -0.15) is 0 Å². The van der Waals surface area contributed by atoms with Gasteiger partial charge in [0.15, 0.2) is 0 Å². The SMILES string of the molecule is C=C(N)c1cccc(CC(C(=O)OC)C(C)NC(=O)c2cc(-c3cccnc3)cs2)c1. The van der Waals surface area contributed by atoms with Crippen LogP contribution in [-0.2, 0) is 16.0 Å². The van der Waals surface area contributed by atoms with Gasteiger partial charge in [0.2, 0.25) is 0 Å². The molecule has 2 aromatic heterocycles. The molecule has 31 heavy (non-hydrogen) atoms. The third-order valence-electron chi connectivity index (χ3n) is 5.04. The van der Waals surface area contributed by atoms with Gasteiger partial charge in [-0.05, 0) is 53.6 Å². The average Bonchev–Trinajstić information content (AvgIpc) is 3.28. The Morgan fingerprint density at radius 3 is 2.71 bits per heavy atom. The van der Waals surface area contributed by atoms with E-state index >= 15 is 0 Å². The van der Waals surface area contributed by atoms with Crippen molar-refractivity contribution in [1.82, 2.24) is 10.3 Å². The molecule has 0 aliphatic carbocycles. The summed E-state index contributed by atoms with van der Waals surface area (Å²) >= 11 is 1.35. The zero-order valence-corrected chi connectivity index (χ0v) is 18.3. The normalized spacial score (nSPS) is 12.6. The summed E-state index contributed by atoms with van der Waals surface area (Å²) in [6.45, 7) is 5.56. The van der Waals surface area contributed by atoms with E-state index in [1.807, 2.05) is 47.8 Å². The molecule has 3 aromatic rings. The molecule has 2 heterocycles. The summed E-state index contributed by atoms with van der Waals surface area (Å²) in [5.74, 6) is -1.16. The maximum Gasteiger partial charge on any atom is 0.311 e. The van der Waals surface area contributed by atoms with Crippen molar-refractivity contribution in [2.24, 2.45) is 11.7 Å². The van der Waals surface area contributed by atoms with E-state index in [0.29, 0.717) is 17.0 Å². The van der Waals surface area contributed by atoms with Crippen molar-refractivity contribution in [3.8, 4) is 11.1 Å². The van der Waals surface area contributed by atoms with Crippen LogP contribution in [0, 0.1) is 5.92 Å². The van der Waals surface area contributed by atoms with Gasteiger partial charge in [0.25, 0.3) is 5.91 Å². The first-order valence-corrected chi connectivity index (χ1v) is 10.7. The summed E-state index contributed by atoms with van der Waals surface area (Å²) in [6, 6.07) is 12.7. The van der Waals surface area contributed by atoms with Gasteiger partial charge >= 0.3 is 5.97 Å². The number of nitrogens with one attached hydrogen (secondary N) is 1. The number of carbonyl (C=O) groups is 2. The lowest BCUT2D eigenvalue weighted by molar-refractivity contribution is -0.146. The molecule has 0 bridgehead atoms. The fraction of sp³-hybridized carbons (Fsp3) is 0.208. The van der Waals surface area contributed by atoms with Crippen molar-refractivity contribution in [2.75, 3.05) is 7.11 Å². The second-order valence-corrected chi connectivity index (χ2v) is 8.17. The molecule has 6 nitrogen and oxygen atoms in total. The molecule has 0 aliphatic heterocycles. The van der Waals surface area contributed by atoms with Crippen LogP contribution in [0.15, 0.2) is 66.8 Å². The Bertz CT molecular complexity index is 1080. The van der Waals surface area contributed by atoms with E-state index in [1.54, 1.807) is 19.3 Å². The number of rotatable bonds is 8. The van der Waals surface area contributed by atoms with E-state index in [0.717, 1.165) is 22.3 Å². The molecule has 1 aromatic carbocycles. The number of methoxy groups -OCH3 is 1. The van der Waals surface area contributed by atoms with Gasteiger partial charge in [-0.25, -0.2) is 0 Å². The van der Waals surface area contributed by atoms with Gasteiger partial charge < -0.3 is 15.8 Å². The molecule has 0 saturated carbocycles. The van der Waals surface area contributed by atoms with Crippen LogP contribution in [0.3, 0.4) is 0 Å². The molecular weight excluding hydrogens is 410 g/mol. The maximum absolute atomic E-state index is 12.8. The summed E-state index contributed by atoms with van der Waals surface area (Å²) in [7, 11) is 1.35. The maximum atomic E-state index is 12.8. The molecule has 1 amide bonds. The van der Waals surface area contributed by atoms with E-state index in [-0.39, 0.29) is 11.9 Å². The highest BCUT2D eigenvalue weighted by atomic mass is 32.1. The second kappa shape index (κ2) is 10.0. The predicted molar refractivity (Wildman–Crippen MR) is 123 cm³/mol. The Labute approximate surface area is 185 Å². The Hall–Kier alpha value is -3.45. The highest BCUT2D eigenvalue weighted by molar-refractivity contribution is 7.12. The second-order valence-electron chi connectivity index (χ2n) is 7.26. The standard InChI is InChI=1S/C24H25N3O3S/c1-15(25)18-7-4-6-17(10-18)11-21(24(29)30-3)16(2)27-23(28)22-12-20(14-31-22)19-8-5-9-26-13-19/h4-10,12-14,16,21H,1,11,25H2,2-3H3,(H,27,28). The lowest BCUT2D eigenvalue weighted by Crippen LogP contribution is -2.42. The fourth-order valence-electron chi connectivity index (χ4n) is 3.29. The molecular formula is C24H25N3O3S. The predicted octanol–water partition coefficient (Wildman–Crippen LogP) is 3.89.